The van der Waals surface area contributed by atoms with E-state index in [0.717, 1.165) is 18.3 Å². The van der Waals surface area contributed by atoms with Crippen LogP contribution in [0.25, 0.3) is 188 Å². The summed E-state index contributed by atoms with van der Waals surface area (Å²) in [6.45, 7) is 2.57. The van der Waals surface area contributed by atoms with Gasteiger partial charge in [-0.05, 0) is 149 Å². The number of fused-ring (bicyclic) bond motifs is 15. The molecule has 0 aliphatic rings. The second kappa shape index (κ2) is 23.6. The largest absolute Gasteiger partial charge is 0.309 e. The first-order valence-electron chi connectivity index (χ1n) is 58.2. The zero-order valence-electron chi connectivity index (χ0n) is 108. The Bertz CT molecular complexity index is 10300. The van der Waals surface area contributed by atoms with Gasteiger partial charge < -0.3 is 9.13 Å². The Labute approximate surface area is 665 Å². The fraction of sp³-hybridized carbons (Fsp3) is 0.0213. The van der Waals surface area contributed by atoms with Crippen molar-refractivity contribution in [3.05, 3.63) is 350 Å². The molecule has 0 unspecified atom stereocenters. The number of aromatic nitrogens is 8. The minimum absolute atomic E-state index is 0.150. The molecule has 478 valence electrons. The molecule has 0 saturated heterocycles. The van der Waals surface area contributed by atoms with E-state index in [4.69, 9.17) is 52.1 Å². The van der Waals surface area contributed by atoms with Gasteiger partial charge in [0.25, 0.3) is 0 Å². The third-order valence-electron chi connectivity index (χ3n) is 16.3. The molecule has 0 radical (unpaired) electrons. The van der Waals surface area contributed by atoms with Crippen LogP contribution in [0.5, 0.6) is 0 Å². The third kappa shape index (κ3) is 9.60. The van der Waals surface area contributed by atoms with E-state index in [2.05, 4.69) is 19.9 Å². The Hall–Kier alpha value is -13.6. The van der Waals surface area contributed by atoms with Gasteiger partial charge in [0.2, 0.25) is 11.9 Å². The number of para-hydroxylation sites is 6. The van der Waals surface area contributed by atoms with Crippen LogP contribution < -0.4 is 0 Å². The van der Waals surface area contributed by atoms with Gasteiger partial charge in [-0.2, -0.15) is 0 Å². The lowest BCUT2D eigenvalue weighted by Gasteiger charge is -2.14. The lowest BCUT2D eigenvalue weighted by atomic mass is 9.98. The van der Waals surface area contributed by atoms with Gasteiger partial charge in [0.15, 0.2) is 0 Å². The normalized spacial score (nSPS) is 19.5. The highest BCUT2D eigenvalue weighted by molar-refractivity contribution is 6.15. The zero-order valence-corrected chi connectivity index (χ0v) is 51.6. The predicted molar refractivity (Wildman–Crippen MR) is 425 cm³/mol. The van der Waals surface area contributed by atoms with Crippen molar-refractivity contribution in [3.8, 4) is 68.0 Å². The summed E-state index contributed by atoms with van der Waals surface area (Å²) in [7, 11) is 0. The smallest absolute Gasteiger partial charge is 0.235 e. The van der Waals surface area contributed by atoms with Crippen LogP contribution in [-0.2, 0) is 0 Å². The molecular formula is C94H62N8. The van der Waals surface area contributed by atoms with Gasteiger partial charge >= 0.3 is 0 Å². The van der Waals surface area contributed by atoms with Crippen LogP contribution in [0, 0.1) is 13.8 Å². The van der Waals surface area contributed by atoms with Crippen molar-refractivity contribution in [2.24, 2.45) is 0 Å². The molecule has 102 heavy (non-hydrogen) atoms. The van der Waals surface area contributed by atoms with E-state index in [9.17, 15) is 24.7 Å². The van der Waals surface area contributed by atoms with Gasteiger partial charge in [0.05, 0.1) is 143 Å². The minimum Gasteiger partial charge on any atom is -0.309 e. The van der Waals surface area contributed by atoms with E-state index < -0.39 is 526 Å². The highest BCUT2D eigenvalue weighted by atomic mass is 15.2. The average Bonchev–Trinajstić information content (AvgIpc) is 1.51. The Kier molecular flexibility index (Phi) is 5.85. The third-order valence-corrected chi connectivity index (χ3v) is 16.3. The van der Waals surface area contributed by atoms with Gasteiger partial charge in [-0.3, -0.25) is 9.13 Å². The summed E-state index contributed by atoms with van der Waals surface area (Å²) in [5, 5.41) is -6.62. The van der Waals surface area contributed by atoms with Crippen molar-refractivity contribution in [3.63, 3.8) is 0 Å². The van der Waals surface area contributed by atoms with E-state index in [-0.39, 0.29) is 11.1 Å². The molecule has 0 atom stereocenters. The van der Waals surface area contributed by atoms with E-state index in [1.165, 1.54) is 13.8 Å². The van der Waals surface area contributed by atoms with Crippen LogP contribution in [-0.4, -0.2) is 38.2 Å². The fourth-order valence-corrected chi connectivity index (χ4v) is 12.0. The molecule has 8 nitrogen and oxygen atoms in total. The molecule has 6 aromatic heterocycles. The molecule has 0 spiro atoms. The van der Waals surface area contributed by atoms with Gasteiger partial charge in [0.1, 0.15) is 0 Å². The van der Waals surface area contributed by atoms with Crippen LogP contribution in [0.2, 0.25) is 0 Å². The average molecular weight is 1360 g/mol. The Morgan fingerprint density at radius 2 is 0.618 bits per heavy atom. The number of rotatable bonds is 8. The molecule has 0 aliphatic carbocycles. The molecule has 6 heterocycles. The van der Waals surface area contributed by atoms with Gasteiger partial charge in [0, 0.05) is 76.4 Å². The summed E-state index contributed by atoms with van der Waals surface area (Å²) in [5.41, 5.74) is -13.7. The predicted octanol–water partition coefficient (Wildman–Crippen LogP) is 24.1. The van der Waals surface area contributed by atoms with Gasteiger partial charge in [-0.25, -0.2) is 19.9 Å². The molecular weight excluding hydrogens is 1240 g/mol. The van der Waals surface area contributed by atoms with Crippen molar-refractivity contribution in [2.45, 2.75) is 13.8 Å². The van der Waals surface area contributed by atoms with Crippen LogP contribution in [0.4, 0.5) is 0 Å². The van der Waals surface area contributed by atoms with Crippen LogP contribution in [0.3, 0.4) is 0 Å². The summed E-state index contributed by atoms with van der Waals surface area (Å²) in [5.74, 6) is -1.69. The number of benzene rings is 15. The fourth-order valence-electron chi connectivity index (χ4n) is 12.0. The van der Waals surface area contributed by atoms with Crippen molar-refractivity contribution in [1.29, 1.82) is 0 Å². The summed E-state index contributed by atoms with van der Waals surface area (Å²) < 4.78 is 506. The highest BCUT2D eigenvalue weighted by Gasteiger charge is 2.23. The molecule has 0 amide bonds. The van der Waals surface area contributed by atoms with E-state index in [1.54, 1.807) is 0 Å². The first-order valence-corrected chi connectivity index (χ1v) is 30.2. The summed E-state index contributed by atoms with van der Waals surface area (Å²) in [6, 6.07) is -47.8. The summed E-state index contributed by atoms with van der Waals surface area (Å²) >= 11 is 0. The van der Waals surface area contributed by atoms with Crippen LogP contribution in [0.15, 0.2) is 338 Å². The second-order valence-electron chi connectivity index (χ2n) is 22.3. The molecule has 0 N–H and O–H groups in total. The Balaban J connectivity index is 0.000000189. The maximum Gasteiger partial charge on any atom is 0.235 e. The number of hydrogen-bond acceptors (Lipinski definition) is 4. The van der Waals surface area contributed by atoms with Gasteiger partial charge in [-0.1, -0.05) is 247 Å². The zero-order chi connectivity index (χ0) is 116. The lowest BCUT2D eigenvalue weighted by molar-refractivity contribution is 1.01. The van der Waals surface area contributed by atoms with Crippen LogP contribution in [0.1, 0.15) is 87.9 Å². The summed E-state index contributed by atoms with van der Waals surface area (Å²) in [6.07, 6.45) is 0. The second-order valence-corrected chi connectivity index (χ2v) is 22.3. The Morgan fingerprint density at radius 1 is 0.216 bits per heavy atom. The number of hydrogen-bond donors (Lipinski definition) is 0. The SMILES string of the molecule is [2H]c1c([2H])c(C)c([2H])c(-c2c([2H])c([2H])c3nc(-n4c5c([2H])c([2H])c([2H])c([2H])c5c5c([2H])c(-n6c7c([2H])c([2H])c([2H])c([2H])c7c7c([2H])c([2H])c([2H])c([2H])c76)c([2H])c([2H])c54)nc(-c4c([2H])c([2H])c5c([2H])c([2H])c([2H])c([2H])c5c4[2H])c3c2[2H])c1[2H].[2H]c1c([2H])c([2H])c(-c2c([2H])c([2H])c(-c3nc(-n4c5c([2H])c([2H])c([2H])c([2H])c5c5c([2H])c(-n6c7c([2H])c([2H])c([2H])c([2H])c7c7c([2H])c([2H])c([2H])c([2H])c76)c([2H])c([2H])c54)nc4c([2H])c(C)c([2H])c([2H])c34)c([2H])c2[2H])c([2H])c1[2H]. The summed E-state index contributed by atoms with van der Waals surface area (Å²) in [4.78, 5) is 18.4. The van der Waals surface area contributed by atoms with E-state index >= 15 is 0 Å². The standard InChI is InChI=1S/C49H32N4.C45H30N4/c1-31-11-10-14-33(27-31)35-23-25-43-42(29-35)48(36-22-21-32-12-2-3-13-34(32)28-36)51-49(50-43)53-46-20-9-6-17-40(46)41-30-37(24-26-47(41)53)52-44-18-7-4-15-38(44)39-16-5-8-19-45(39)52;1-29-19-25-37-39(27-29)46-45(47-44(37)32-22-20-31(21-23-32)30-11-3-2-4-12-30)49-42-18-10-7-15-36(42)38-28-33(24-26-43(38)49)48-40-16-8-5-13-34(40)35-14-6-9-17-41(35)48/h2-30H,1H3;2-28H,1H3/i2D,3D,4D,5D,6D,7D,8D,9D,10D,11D,12D,13D,14D,15D,16D,17D,18D,19D,20D,21D,22D,23D,24D,25D,26D,27D,28D,29D,30D;2D,3D,4D,5D,6D,7D,8D,9D,10D,11D,12D,13D,14D,15D,16D,17D,18D,19D,20D,21D,22D,23D,24D,25D,26D,27D,28D. The molecule has 21 rings (SSSR count). The highest BCUT2D eigenvalue weighted by Crippen LogP contribution is 2.42. The van der Waals surface area contributed by atoms with E-state index in [0.29, 0.717) is 0 Å². The molecule has 0 fully saturated rings. The first-order chi connectivity index (χ1) is 73.8. The maximum absolute atomic E-state index is 10.0. The monoisotopic (exact) mass is 1360 g/mol. The molecule has 0 bridgehead atoms. The van der Waals surface area contributed by atoms with E-state index in [1.807, 2.05) is 0 Å². The molecule has 8 heteroatoms. The maximum atomic E-state index is 10.0. The molecule has 21 aromatic rings. The van der Waals surface area contributed by atoms with Crippen molar-refractivity contribution in [1.82, 2.24) is 38.2 Å². The molecule has 15 aromatic carbocycles. The van der Waals surface area contributed by atoms with Crippen LogP contribution >= 0.6 is 0 Å². The topological polar surface area (TPSA) is 71.3 Å². The number of nitrogens with zero attached hydrogens (tertiary/aromatic N) is 8. The minimum atomic E-state index is -1.03. The quantitative estimate of drug-likeness (QED) is 0.152. The Morgan fingerprint density at radius 3 is 1.18 bits per heavy atom. The first kappa shape index (κ1) is 25.3. The molecule has 0 saturated carbocycles. The van der Waals surface area contributed by atoms with Crippen molar-refractivity contribution < 1.29 is 76.8 Å². The van der Waals surface area contributed by atoms with Crippen molar-refractivity contribution in [2.75, 3.05) is 0 Å². The van der Waals surface area contributed by atoms with Gasteiger partial charge in [-0.15, -0.1) is 0 Å². The van der Waals surface area contributed by atoms with Crippen molar-refractivity contribution >= 4 is 120 Å². The lowest BCUT2D eigenvalue weighted by Crippen LogP contribution is -2.04. The molecule has 0 aliphatic heterocycles.